The Morgan fingerprint density at radius 2 is 2.05 bits per heavy atom. The van der Waals surface area contributed by atoms with Crippen LogP contribution < -0.4 is 10.5 Å². The lowest BCUT2D eigenvalue weighted by Gasteiger charge is -2.13. The van der Waals surface area contributed by atoms with Crippen LogP contribution in [0.25, 0.3) is 0 Å². The highest BCUT2D eigenvalue weighted by atomic mass is 32.2. The molecule has 1 aromatic carbocycles. The second kappa shape index (κ2) is 5.91. The van der Waals surface area contributed by atoms with E-state index in [0.29, 0.717) is 6.61 Å². The molecule has 118 valence electrons. The van der Waals surface area contributed by atoms with E-state index < -0.39 is 19.9 Å². The summed E-state index contributed by atoms with van der Waals surface area (Å²) in [7, 11) is -7.39. The molecule has 1 atom stereocenters. The zero-order valence-corrected chi connectivity index (χ0v) is 13.2. The Bertz CT molecular complexity index is 722. The van der Waals surface area contributed by atoms with Gasteiger partial charge in [0.1, 0.15) is 4.90 Å². The average molecular weight is 334 g/mol. The van der Waals surface area contributed by atoms with Gasteiger partial charge in [0.25, 0.3) is 0 Å². The third-order valence-electron chi connectivity index (χ3n) is 3.23. The van der Waals surface area contributed by atoms with E-state index in [1.807, 2.05) is 0 Å². The molecule has 0 amide bonds. The molecule has 1 fully saturated rings. The molecule has 0 aromatic heterocycles. The van der Waals surface area contributed by atoms with E-state index in [2.05, 4.69) is 4.72 Å². The molecule has 1 aromatic rings. The lowest BCUT2D eigenvalue weighted by atomic mass is 10.2. The number of ether oxygens (including phenoxy) is 1. The molecule has 0 radical (unpaired) electrons. The summed E-state index contributed by atoms with van der Waals surface area (Å²) in [5.41, 5.74) is 5.66. The monoisotopic (exact) mass is 334 g/mol. The second-order valence-electron chi connectivity index (χ2n) is 4.96. The van der Waals surface area contributed by atoms with Gasteiger partial charge in [-0.1, -0.05) is 0 Å². The van der Waals surface area contributed by atoms with Gasteiger partial charge >= 0.3 is 0 Å². The van der Waals surface area contributed by atoms with E-state index in [4.69, 9.17) is 10.5 Å². The molecule has 3 N–H and O–H groups in total. The highest BCUT2D eigenvalue weighted by Gasteiger charge is 2.23. The van der Waals surface area contributed by atoms with Gasteiger partial charge in [0, 0.05) is 19.4 Å². The number of nitrogens with two attached hydrogens (primary N) is 1. The van der Waals surface area contributed by atoms with Crippen molar-refractivity contribution >= 4 is 25.5 Å². The van der Waals surface area contributed by atoms with Gasteiger partial charge in [0.05, 0.1) is 16.7 Å². The normalized spacial score (nSPS) is 19.8. The fourth-order valence-electron chi connectivity index (χ4n) is 2.06. The predicted octanol–water partition coefficient (Wildman–Crippen LogP) is 0.130. The third kappa shape index (κ3) is 3.94. The molecule has 0 saturated carbocycles. The molecule has 9 heteroatoms. The Hall–Kier alpha value is -1.16. The van der Waals surface area contributed by atoms with Gasteiger partial charge in [-0.05, 0) is 31.0 Å². The van der Waals surface area contributed by atoms with Gasteiger partial charge in [-0.2, -0.15) is 0 Å². The topological polar surface area (TPSA) is 116 Å². The van der Waals surface area contributed by atoms with E-state index >= 15 is 0 Å². The number of hydrogen-bond donors (Lipinski definition) is 2. The summed E-state index contributed by atoms with van der Waals surface area (Å²) in [5.74, 6) is 0. The Kier molecular flexibility index (Phi) is 4.57. The van der Waals surface area contributed by atoms with Crippen LogP contribution in [0.5, 0.6) is 0 Å². The maximum atomic E-state index is 12.2. The predicted molar refractivity (Wildman–Crippen MR) is 78.1 cm³/mol. The Labute approximate surface area is 124 Å². The first-order chi connectivity index (χ1) is 9.70. The number of benzene rings is 1. The summed E-state index contributed by atoms with van der Waals surface area (Å²) in [5, 5.41) is 0. The van der Waals surface area contributed by atoms with Crippen LogP contribution in [0.15, 0.2) is 28.0 Å². The SMILES string of the molecule is CS(=O)(=O)c1ccc(N)c(S(=O)(=O)NCC2CCCO2)c1. The molecule has 0 aliphatic carbocycles. The van der Waals surface area contributed by atoms with Crippen molar-refractivity contribution in [1.29, 1.82) is 0 Å². The van der Waals surface area contributed by atoms with Crippen LogP contribution in [0.3, 0.4) is 0 Å². The van der Waals surface area contributed by atoms with Crippen molar-refractivity contribution in [3.63, 3.8) is 0 Å². The molecule has 1 saturated heterocycles. The van der Waals surface area contributed by atoms with Crippen LogP contribution in [0.1, 0.15) is 12.8 Å². The zero-order valence-electron chi connectivity index (χ0n) is 11.6. The van der Waals surface area contributed by atoms with Crippen molar-refractivity contribution in [3.05, 3.63) is 18.2 Å². The number of rotatable bonds is 5. The van der Waals surface area contributed by atoms with Gasteiger partial charge in [-0.3, -0.25) is 0 Å². The quantitative estimate of drug-likeness (QED) is 0.740. The average Bonchev–Trinajstić information content (AvgIpc) is 2.88. The molecular formula is C12H18N2O5S2. The van der Waals surface area contributed by atoms with Crippen LogP contribution in [0, 0.1) is 0 Å². The number of nitrogen functional groups attached to an aromatic ring is 1. The molecule has 2 rings (SSSR count). The Balaban J connectivity index is 2.26. The highest BCUT2D eigenvalue weighted by molar-refractivity contribution is 7.91. The number of hydrogen-bond acceptors (Lipinski definition) is 6. The number of nitrogens with one attached hydrogen (secondary N) is 1. The maximum Gasteiger partial charge on any atom is 0.242 e. The lowest BCUT2D eigenvalue weighted by molar-refractivity contribution is 0.114. The number of sulfonamides is 1. The number of sulfone groups is 1. The molecule has 1 aliphatic rings. The minimum atomic E-state index is -3.88. The first-order valence-corrected chi connectivity index (χ1v) is 9.78. The molecule has 1 unspecified atom stereocenters. The molecule has 21 heavy (non-hydrogen) atoms. The van der Waals surface area contributed by atoms with E-state index in [9.17, 15) is 16.8 Å². The van der Waals surface area contributed by atoms with Gasteiger partial charge in [0.2, 0.25) is 10.0 Å². The Morgan fingerprint density at radius 3 is 2.62 bits per heavy atom. The molecule has 1 heterocycles. The first kappa shape index (κ1) is 16.2. The maximum absolute atomic E-state index is 12.2. The van der Waals surface area contributed by atoms with Crippen molar-refractivity contribution in [2.24, 2.45) is 0 Å². The summed E-state index contributed by atoms with van der Waals surface area (Å²) in [6, 6.07) is 3.63. The van der Waals surface area contributed by atoms with Crippen molar-refractivity contribution in [2.75, 3.05) is 25.1 Å². The minimum absolute atomic E-state index is 0.00207. The van der Waals surface area contributed by atoms with Gasteiger partial charge < -0.3 is 10.5 Å². The molecule has 1 aliphatic heterocycles. The van der Waals surface area contributed by atoms with Crippen LogP contribution in [-0.2, 0) is 24.6 Å². The van der Waals surface area contributed by atoms with Gasteiger partial charge in [-0.15, -0.1) is 0 Å². The Morgan fingerprint density at radius 1 is 1.33 bits per heavy atom. The standard InChI is InChI=1S/C12H18N2O5S2/c1-20(15,16)10-4-5-11(13)12(7-10)21(17,18)14-8-9-3-2-6-19-9/h4-5,7,9,14H,2-3,6,8,13H2,1H3. The summed E-state index contributed by atoms with van der Waals surface area (Å²) in [4.78, 5) is -0.322. The van der Waals surface area contributed by atoms with E-state index in [-0.39, 0.29) is 28.1 Å². The summed E-state index contributed by atoms with van der Waals surface area (Å²) in [6.07, 6.45) is 2.55. The van der Waals surface area contributed by atoms with E-state index in [1.54, 1.807) is 0 Å². The molecule has 0 bridgehead atoms. The summed E-state index contributed by atoms with van der Waals surface area (Å²) in [6.45, 7) is 0.767. The van der Waals surface area contributed by atoms with Crippen molar-refractivity contribution in [3.8, 4) is 0 Å². The highest BCUT2D eigenvalue weighted by Crippen LogP contribution is 2.22. The van der Waals surface area contributed by atoms with Crippen molar-refractivity contribution < 1.29 is 21.6 Å². The fraction of sp³-hybridized carbons (Fsp3) is 0.500. The minimum Gasteiger partial charge on any atom is -0.398 e. The van der Waals surface area contributed by atoms with Crippen LogP contribution in [-0.4, -0.2) is 42.3 Å². The van der Waals surface area contributed by atoms with Crippen molar-refractivity contribution in [1.82, 2.24) is 4.72 Å². The van der Waals surface area contributed by atoms with E-state index in [1.165, 1.54) is 12.1 Å². The zero-order chi connectivity index (χ0) is 15.7. The summed E-state index contributed by atoms with van der Waals surface area (Å²) < 4.78 is 55.3. The van der Waals surface area contributed by atoms with Gasteiger partial charge in [0.15, 0.2) is 9.84 Å². The molecular weight excluding hydrogens is 316 g/mol. The molecule has 7 nitrogen and oxygen atoms in total. The smallest absolute Gasteiger partial charge is 0.242 e. The lowest BCUT2D eigenvalue weighted by Crippen LogP contribution is -2.32. The van der Waals surface area contributed by atoms with Gasteiger partial charge in [-0.25, -0.2) is 21.6 Å². The third-order valence-corrected chi connectivity index (χ3v) is 5.82. The van der Waals surface area contributed by atoms with Crippen LogP contribution in [0.2, 0.25) is 0 Å². The van der Waals surface area contributed by atoms with Crippen LogP contribution >= 0.6 is 0 Å². The largest absolute Gasteiger partial charge is 0.398 e. The first-order valence-electron chi connectivity index (χ1n) is 6.41. The van der Waals surface area contributed by atoms with Crippen molar-refractivity contribution in [2.45, 2.75) is 28.7 Å². The van der Waals surface area contributed by atoms with E-state index in [0.717, 1.165) is 25.2 Å². The molecule has 0 spiro atoms. The fourth-order valence-corrected chi connectivity index (χ4v) is 4.01. The summed E-state index contributed by atoms with van der Waals surface area (Å²) >= 11 is 0. The van der Waals surface area contributed by atoms with Crippen LogP contribution in [0.4, 0.5) is 5.69 Å². The number of anilines is 1. The second-order valence-corrected chi connectivity index (χ2v) is 8.71.